The number of anilines is 2. The minimum atomic E-state index is -4.20. The molecule has 0 radical (unpaired) electrons. The van der Waals surface area contributed by atoms with Gasteiger partial charge in [0.1, 0.15) is 12.1 Å². The lowest BCUT2D eigenvalue weighted by Gasteiger charge is -2.09. The van der Waals surface area contributed by atoms with Gasteiger partial charge < -0.3 is 5.32 Å². The molecule has 19 heavy (non-hydrogen) atoms. The lowest BCUT2D eigenvalue weighted by molar-refractivity contribution is -0.127. The lowest BCUT2D eigenvalue weighted by atomic mass is 10.1. The second-order valence-electron chi connectivity index (χ2n) is 4.16. The molecule has 1 aromatic carbocycles. The van der Waals surface area contributed by atoms with E-state index < -0.39 is 12.6 Å². The predicted molar refractivity (Wildman–Crippen MR) is 66.3 cm³/mol. The van der Waals surface area contributed by atoms with Crippen LogP contribution in [0, 0.1) is 6.92 Å². The van der Waals surface area contributed by atoms with E-state index in [0.29, 0.717) is 11.5 Å². The highest BCUT2D eigenvalue weighted by molar-refractivity contribution is 5.57. The quantitative estimate of drug-likeness (QED) is 0.922. The monoisotopic (exact) mass is 267 g/mol. The van der Waals surface area contributed by atoms with Gasteiger partial charge in [-0.15, -0.1) is 0 Å². The minimum absolute atomic E-state index is 0.211. The van der Waals surface area contributed by atoms with Crippen LogP contribution in [0.15, 0.2) is 36.7 Å². The molecule has 0 saturated carbocycles. The van der Waals surface area contributed by atoms with E-state index in [1.54, 1.807) is 18.2 Å². The smallest absolute Gasteiger partial charge is 0.340 e. The van der Waals surface area contributed by atoms with Crippen molar-refractivity contribution in [2.75, 3.05) is 5.32 Å². The molecule has 0 aliphatic rings. The highest BCUT2D eigenvalue weighted by atomic mass is 19.4. The third kappa shape index (κ3) is 4.24. The lowest BCUT2D eigenvalue weighted by Crippen LogP contribution is -2.11. The average molecular weight is 267 g/mol. The van der Waals surface area contributed by atoms with Crippen LogP contribution in [0.3, 0.4) is 0 Å². The van der Waals surface area contributed by atoms with Gasteiger partial charge in [0, 0.05) is 17.4 Å². The summed E-state index contributed by atoms with van der Waals surface area (Å²) in [7, 11) is 0. The molecule has 1 aromatic heterocycles. The molecule has 0 fully saturated rings. The maximum atomic E-state index is 12.3. The fraction of sp³-hybridized carbons (Fsp3) is 0.231. The molecular formula is C13H12F3N3. The van der Waals surface area contributed by atoms with Crippen LogP contribution >= 0.6 is 0 Å². The topological polar surface area (TPSA) is 37.8 Å². The Balaban J connectivity index is 2.15. The van der Waals surface area contributed by atoms with E-state index in [-0.39, 0.29) is 5.56 Å². The maximum absolute atomic E-state index is 12.3. The third-order valence-electron chi connectivity index (χ3n) is 2.41. The molecule has 0 bridgehead atoms. The number of rotatable bonds is 3. The highest BCUT2D eigenvalue weighted by Gasteiger charge is 2.27. The molecule has 100 valence electrons. The van der Waals surface area contributed by atoms with Crippen LogP contribution in [-0.4, -0.2) is 16.1 Å². The Morgan fingerprint density at radius 1 is 1.16 bits per heavy atom. The molecule has 0 spiro atoms. The Morgan fingerprint density at radius 2 is 1.95 bits per heavy atom. The van der Waals surface area contributed by atoms with E-state index in [0.717, 1.165) is 5.69 Å². The van der Waals surface area contributed by atoms with Gasteiger partial charge in [0.05, 0.1) is 6.42 Å². The van der Waals surface area contributed by atoms with Crippen molar-refractivity contribution in [3.05, 3.63) is 47.9 Å². The number of halogens is 3. The van der Waals surface area contributed by atoms with Crippen LogP contribution in [0.5, 0.6) is 0 Å². The zero-order valence-electron chi connectivity index (χ0n) is 10.2. The summed E-state index contributed by atoms with van der Waals surface area (Å²) in [5, 5.41) is 2.95. The van der Waals surface area contributed by atoms with E-state index in [1.807, 2.05) is 6.92 Å². The molecule has 0 aliphatic carbocycles. The zero-order valence-corrected chi connectivity index (χ0v) is 10.2. The van der Waals surface area contributed by atoms with Crippen molar-refractivity contribution in [3.8, 4) is 0 Å². The normalized spacial score (nSPS) is 11.4. The predicted octanol–water partition coefficient (Wildman–Crippen LogP) is 3.63. The number of hydrogen-bond donors (Lipinski definition) is 1. The maximum Gasteiger partial charge on any atom is 0.393 e. The first-order chi connectivity index (χ1) is 8.92. The number of nitrogens with zero attached hydrogens (tertiary/aromatic N) is 2. The summed E-state index contributed by atoms with van der Waals surface area (Å²) in [6.07, 6.45) is -3.74. The standard InChI is InChI=1S/C13H12F3N3/c1-9-5-12(18-8-17-9)19-11-4-2-3-10(6-11)7-13(14,15)16/h2-6,8H,7H2,1H3,(H,17,18,19). The second-order valence-corrected chi connectivity index (χ2v) is 4.16. The van der Waals surface area contributed by atoms with Gasteiger partial charge in [-0.2, -0.15) is 13.2 Å². The first kappa shape index (κ1) is 13.3. The molecular weight excluding hydrogens is 255 g/mol. The number of nitrogens with one attached hydrogen (secondary N) is 1. The summed E-state index contributed by atoms with van der Waals surface area (Å²) in [5.74, 6) is 0.552. The summed E-state index contributed by atoms with van der Waals surface area (Å²) in [5.41, 5.74) is 1.56. The Bertz CT molecular complexity index is 567. The van der Waals surface area contributed by atoms with Gasteiger partial charge in [-0.05, 0) is 24.6 Å². The first-order valence-corrected chi connectivity index (χ1v) is 5.64. The highest BCUT2D eigenvalue weighted by Crippen LogP contribution is 2.23. The SMILES string of the molecule is Cc1cc(Nc2cccc(CC(F)(F)F)c2)ncn1. The summed E-state index contributed by atoms with van der Waals surface area (Å²) in [6, 6.07) is 7.90. The second kappa shape index (κ2) is 5.26. The Labute approximate surface area is 108 Å². The van der Waals surface area contributed by atoms with Crippen LogP contribution in [0.2, 0.25) is 0 Å². The Hall–Kier alpha value is -2.11. The van der Waals surface area contributed by atoms with Crippen LogP contribution in [-0.2, 0) is 6.42 Å². The van der Waals surface area contributed by atoms with Crippen molar-refractivity contribution >= 4 is 11.5 Å². The molecule has 2 aromatic rings. The molecule has 1 heterocycles. The Kier molecular flexibility index (Phi) is 3.69. The number of aromatic nitrogens is 2. The molecule has 0 unspecified atom stereocenters. The van der Waals surface area contributed by atoms with Crippen molar-refractivity contribution in [3.63, 3.8) is 0 Å². The molecule has 0 atom stereocenters. The molecule has 2 rings (SSSR count). The van der Waals surface area contributed by atoms with Crippen molar-refractivity contribution < 1.29 is 13.2 Å². The zero-order chi connectivity index (χ0) is 13.9. The summed E-state index contributed by atoms with van der Waals surface area (Å²) < 4.78 is 36.9. The Morgan fingerprint density at radius 3 is 2.63 bits per heavy atom. The van der Waals surface area contributed by atoms with Crippen LogP contribution in [0.1, 0.15) is 11.3 Å². The molecule has 0 aliphatic heterocycles. The van der Waals surface area contributed by atoms with Gasteiger partial charge in [-0.25, -0.2) is 9.97 Å². The molecule has 1 N–H and O–H groups in total. The van der Waals surface area contributed by atoms with Crippen LogP contribution < -0.4 is 5.32 Å². The molecule has 3 nitrogen and oxygen atoms in total. The summed E-state index contributed by atoms with van der Waals surface area (Å²) in [4.78, 5) is 7.94. The van der Waals surface area contributed by atoms with Crippen molar-refractivity contribution in [2.45, 2.75) is 19.5 Å². The van der Waals surface area contributed by atoms with E-state index in [2.05, 4.69) is 15.3 Å². The van der Waals surface area contributed by atoms with Gasteiger partial charge in [0.15, 0.2) is 0 Å². The van der Waals surface area contributed by atoms with Gasteiger partial charge in [0.25, 0.3) is 0 Å². The summed E-state index contributed by atoms with van der Waals surface area (Å²) in [6.45, 7) is 1.81. The van der Waals surface area contributed by atoms with E-state index in [4.69, 9.17) is 0 Å². The number of alkyl halides is 3. The largest absolute Gasteiger partial charge is 0.393 e. The van der Waals surface area contributed by atoms with Crippen LogP contribution in [0.4, 0.5) is 24.7 Å². The van der Waals surface area contributed by atoms with E-state index >= 15 is 0 Å². The van der Waals surface area contributed by atoms with E-state index in [9.17, 15) is 13.2 Å². The molecule has 0 saturated heterocycles. The molecule has 6 heteroatoms. The van der Waals surface area contributed by atoms with E-state index in [1.165, 1.54) is 18.5 Å². The number of benzene rings is 1. The number of hydrogen-bond acceptors (Lipinski definition) is 3. The third-order valence-corrected chi connectivity index (χ3v) is 2.41. The van der Waals surface area contributed by atoms with Gasteiger partial charge >= 0.3 is 6.18 Å². The average Bonchev–Trinajstić information content (AvgIpc) is 2.27. The number of aryl methyl sites for hydroxylation is 1. The van der Waals surface area contributed by atoms with Gasteiger partial charge in [-0.1, -0.05) is 12.1 Å². The molecule has 0 amide bonds. The fourth-order valence-corrected chi connectivity index (χ4v) is 1.66. The minimum Gasteiger partial charge on any atom is -0.340 e. The fourth-order valence-electron chi connectivity index (χ4n) is 1.66. The van der Waals surface area contributed by atoms with Crippen molar-refractivity contribution in [2.24, 2.45) is 0 Å². The van der Waals surface area contributed by atoms with Crippen molar-refractivity contribution in [1.82, 2.24) is 9.97 Å². The summed E-state index contributed by atoms with van der Waals surface area (Å²) >= 11 is 0. The van der Waals surface area contributed by atoms with Crippen LogP contribution in [0.25, 0.3) is 0 Å². The first-order valence-electron chi connectivity index (χ1n) is 5.64. The van der Waals surface area contributed by atoms with Gasteiger partial charge in [0.2, 0.25) is 0 Å². The van der Waals surface area contributed by atoms with Crippen molar-refractivity contribution in [1.29, 1.82) is 0 Å². The van der Waals surface area contributed by atoms with Gasteiger partial charge in [-0.3, -0.25) is 0 Å².